The Morgan fingerprint density at radius 2 is 1.50 bits per heavy atom. The summed E-state index contributed by atoms with van der Waals surface area (Å²) < 4.78 is 17.0. The SMILES string of the molecule is COc1cc(OC)cc(C(O[Si](C)(C)C)C(=O)c2ccc(SC)cc2)c1. The van der Waals surface area contributed by atoms with Crippen LogP contribution in [0.2, 0.25) is 19.6 Å². The molecule has 0 amide bonds. The minimum absolute atomic E-state index is 0.0598. The van der Waals surface area contributed by atoms with Crippen LogP contribution in [0.3, 0.4) is 0 Å². The Morgan fingerprint density at radius 1 is 0.962 bits per heavy atom. The van der Waals surface area contributed by atoms with Gasteiger partial charge in [0.25, 0.3) is 0 Å². The van der Waals surface area contributed by atoms with Crippen molar-refractivity contribution in [3.8, 4) is 11.5 Å². The van der Waals surface area contributed by atoms with Crippen molar-refractivity contribution in [1.29, 1.82) is 0 Å². The average Bonchev–Trinajstić information content (AvgIpc) is 2.64. The zero-order valence-corrected chi connectivity index (χ0v) is 18.0. The van der Waals surface area contributed by atoms with Gasteiger partial charge in [-0.1, -0.05) is 12.1 Å². The van der Waals surface area contributed by atoms with Crippen LogP contribution in [0.5, 0.6) is 11.5 Å². The lowest BCUT2D eigenvalue weighted by molar-refractivity contribution is 0.0779. The van der Waals surface area contributed by atoms with Crippen molar-refractivity contribution in [3.05, 3.63) is 53.6 Å². The molecule has 2 aromatic rings. The van der Waals surface area contributed by atoms with Gasteiger partial charge in [-0.25, -0.2) is 0 Å². The van der Waals surface area contributed by atoms with E-state index >= 15 is 0 Å². The van der Waals surface area contributed by atoms with E-state index in [-0.39, 0.29) is 5.78 Å². The van der Waals surface area contributed by atoms with E-state index in [1.165, 1.54) is 0 Å². The standard InChI is InChI=1S/C20H26O4SSi/c1-22-16-11-15(12-17(13-16)23-2)20(24-26(4,5)6)19(21)14-7-9-18(25-3)10-8-14/h7-13,20H,1-6H3. The number of carbonyl (C=O) groups is 1. The summed E-state index contributed by atoms with van der Waals surface area (Å²) in [5, 5.41) is 0. The van der Waals surface area contributed by atoms with Gasteiger partial charge in [-0.2, -0.15) is 0 Å². The molecule has 0 radical (unpaired) electrons. The van der Waals surface area contributed by atoms with Crippen molar-refractivity contribution in [2.75, 3.05) is 20.5 Å². The third kappa shape index (κ3) is 5.36. The van der Waals surface area contributed by atoms with E-state index in [2.05, 4.69) is 19.6 Å². The van der Waals surface area contributed by atoms with Gasteiger partial charge < -0.3 is 13.9 Å². The number of benzene rings is 2. The molecular weight excluding hydrogens is 364 g/mol. The minimum Gasteiger partial charge on any atom is -0.497 e. The van der Waals surface area contributed by atoms with E-state index < -0.39 is 14.4 Å². The highest BCUT2D eigenvalue weighted by molar-refractivity contribution is 7.98. The number of hydrogen-bond donors (Lipinski definition) is 0. The molecule has 6 heteroatoms. The Morgan fingerprint density at radius 3 is 1.92 bits per heavy atom. The molecule has 0 fully saturated rings. The Kier molecular flexibility index (Phi) is 6.92. The van der Waals surface area contributed by atoms with Crippen molar-refractivity contribution in [2.45, 2.75) is 30.6 Å². The normalized spacial score (nSPS) is 12.5. The molecule has 26 heavy (non-hydrogen) atoms. The lowest BCUT2D eigenvalue weighted by Gasteiger charge is -2.26. The quantitative estimate of drug-likeness (QED) is 0.352. The van der Waals surface area contributed by atoms with Crippen LogP contribution in [-0.2, 0) is 4.43 Å². The molecule has 0 saturated carbocycles. The monoisotopic (exact) mass is 390 g/mol. The maximum atomic E-state index is 13.2. The number of rotatable bonds is 8. The summed E-state index contributed by atoms with van der Waals surface area (Å²) in [7, 11) is 1.21. The van der Waals surface area contributed by atoms with Crippen LogP contribution in [0.25, 0.3) is 0 Å². The summed E-state index contributed by atoms with van der Waals surface area (Å²) in [6.45, 7) is 6.21. The fourth-order valence-electron chi connectivity index (χ4n) is 2.51. The maximum Gasteiger partial charge on any atom is 0.194 e. The highest BCUT2D eigenvalue weighted by Crippen LogP contribution is 2.32. The molecule has 0 bridgehead atoms. The van der Waals surface area contributed by atoms with Crippen molar-refractivity contribution < 1.29 is 18.7 Å². The Hall–Kier alpha value is -1.76. The number of Topliss-reactive ketones (excluding diaryl/α,β-unsaturated/α-hetero) is 1. The maximum absolute atomic E-state index is 13.2. The third-order valence-corrected chi connectivity index (χ3v) is 5.45. The summed E-state index contributed by atoms with van der Waals surface area (Å²) in [5.74, 6) is 1.21. The van der Waals surface area contributed by atoms with Crippen molar-refractivity contribution in [2.24, 2.45) is 0 Å². The minimum atomic E-state index is -1.98. The highest BCUT2D eigenvalue weighted by atomic mass is 32.2. The van der Waals surface area contributed by atoms with E-state index in [1.807, 2.05) is 42.7 Å². The third-order valence-electron chi connectivity index (χ3n) is 3.76. The number of thioether (sulfide) groups is 1. The van der Waals surface area contributed by atoms with Gasteiger partial charge in [0.05, 0.1) is 14.2 Å². The molecule has 0 aliphatic heterocycles. The first-order valence-corrected chi connectivity index (χ1v) is 13.0. The van der Waals surface area contributed by atoms with Crippen molar-refractivity contribution >= 4 is 25.9 Å². The second kappa shape index (κ2) is 8.75. The molecule has 0 spiro atoms. The van der Waals surface area contributed by atoms with Crippen LogP contribution in [0.15, 0.2) is 47.4 Å². The van der Waals surface area contributed by atoms with Gasteiger partial charge in [0, 0.05) is 16.5 Å². The van der Waals surface area contributed by atoms with Crippen LogP contribution >= 0.6 is 11.8 Å². The number of hydrogen-bond acceptors (Lipinski definition) is 5. The molecule has 0 heterocycles. The summed E-state index contributed by atoms with van der Waals surface area (Å²) >= 11 is 1.65. The van der Waals surface area contributed by atoms with Crippen LogP contribution in [0.1, 0.15) is 22.0 Å². The van der Waals surface area contributed by atoms with Gasteiger partial charge in [0.2, 0.25) is 0 Å². The van der Waals surface area contributed by atoms with E-state index in [9.17, 15) is 4.79 Å². The number of methoxy groups -OCH3 is 2. The first-order chi connectivity index (χ1) is 12.3. The second-order valence-electron chi connectivity index (χ2n) is 6.85. The van der Waals surface area contributed by atoms with E-state index in [1.54, 1.807) is 32.0 Å². The van der Waals surface area contributed by atoms with Crippen LogP contribution < -0.4 is 9.47 Å². The number of ketones is 1. The lowest BCUT2D eigenvalue weighted by atomic mass is 9.99. The summed E-state index contributed by atoms with van der Waals surface area (Å²) in [6.07, 6.45) is 1.32. The molecule has 0 saturated heterocycles. The summed E-state index contributed by atoms with van der Waals surface area (Å²) in [6, 6.07) is 13.1. The zero-order chi connectivity index (χ0) is 19.3. The van der Waals surface area contributed by atoms with Gasteiger partial charge in [0.15, 0.2) is 14.1 Å². The van der Waals surface area contributed by atoms with E-state index in [0.29, 0.717) is 17.1 Å². The first-order valence-electron chi connectivity index (χ1n) is 8.36. The fourth-order valence-corrected chi connectivity index (χ4v) is 3.87. The summed E-state index contributed by atoms with van der Waals surface area (Å²) in [5.41, 5.74) is 1.37. The highest BCUT2D eigenvalue weighted by Gasteiger charge is 2.29. The fraction of sp³-hybridized carbons (Fsp3) is 0.350. The molecule has 0 aliphatic carbocycles. The molecule has 140 valence electrons. The van der Waals surface area contributed by atoms with E-state index in [0.717, 1.165) is 10.5 Å². The molecule has 0 aromatic heterocycles. The molecule has 2 rings (SSSR count). The number of ether oxygens (including phenoxy) is 2. The van der Waals surface area contributed by atoms with Gasteiger partial charge in [-0.05, 0) is 55.7 Å². The lowest BCUT2D eigenvalue weighted by Crippen LogP contribution is -2.31. The van der Waals surface area contributed by atoms with E-state index in [4.69, 9.17) is 13.9 Å². The Labute approximate surface area is 161 Å². The molecule has 0 aliphatic rings. The summed E-state index contributed by atoms with van der Waals surface area (Å²) in [4.78, 5) is 14.3. The Balaban J connectivity index is 2.47. The first kappa shape index (κ1) is 20.5. The van der Waals surface area contributed by atoms with Gasteiger partial charge in [-0.15, -0.1) is 11.8 Å². The van der Waals surface area contributed by atoms with Crippen LogP contribution in [0, 0.1) is 0 Å². The molecule has 4 nitrogen and oxygen atoms in total. The largest absolute Gasteiger partial charge is 0.497 e. The van der Waals surface area contributed by atoms with Crippen LogP contribution in [0.4, 0.5) is 0 Å². The molecule has 0 N–H and O–H groups in total. The van der Waals surface area contributed by atoms with Crippen LogP contribution in [-0.4, -0.2) is 34.6 Å². The zero-order valence-electron chi connectivity index (χ0n) is 16.2. The predicted octanol–water partition coefficient (Wildman–Crippen LogP) is 5.20. The predicted molar refractivity (Wildman–Crippen MR) is 109 cm³/mol. The molecule has 1 atom stereocenters. The topological polar surface area (TPSA) is 44.8 Å². The van der Waals surface area contributed by atoms with Crippen molar-refractivity contribution in [1.82, 2.24) is 0 Å². The average molecular weight is 391 g/mol. The van der Waals surface area contributed by atoms with Crippen molar-refractivity contribution in [3.63, 3.8) is 0 Å². The van der Waals surface area contributed by atoms with Gasteiger partial charge >= 0.3 is 0 Å². The second-order valence-corrected chi connectivity index (χ2v) is 12.2. The Bertz CT molecular complexity index is 731. The smallest absolute Gasteiger partial charge is 0.194 e. The van der Waals surface area contributed by atoms with Gasteiger partial charge in [-0.3, -0.25) is 4.79 Å². The number of carbonyl (C=O) groups excluding carboxylic acids is 1. The van der Waals surface area contributed by atoms with Gasteiger partial charge in [0.1, 0.15) is 17.6 Å². The molecule has 1 unspecified atom stereocenters. The molecule has 2 aromatic carbocycles. The molecular formula is C20H26O4SSi.